The molecule has 0 amide bonds. The molecule has 7 heteroatoms. The van der Waals surface area contributed by atoms with Crippen molar-refractivity contribution in [3.8, 4) is 0 Å². The summed E-state index contributed by atoms with van der Waals surface area (Å²) in [5, 5.41) is 3.55. The molecule has 0 spiro atoms. The molecule has 0 rings (SSSR count). The van der Waals surface area contributed by atoms with Crippen molar-refractivity contribution < 1.29 is 17.7 Å². The van der Waals surface area contributed by atoms with Crippen LogP contribution in [-0.2, 0) is 17.7 Å². The highest BCUT2D eigenvalue weighted by atomic mass is 28.3. The van der Waals surface area contributed by atoms with E-state index >= 15 is 0 Å². The number of hydrogen-bond donors (Lipinski definition) is 1. The molecule has 140 valence electrons. The van der Waals surface area contributed by atoms with Crippen LogP contribution in [0.2, 0.25) is 11.1 Å². The molecule has 0 aromatic rings. The van der Waals surface area contributed by atoms with E-state index in [0.717, 1.165) is 52.4 Å². The van der Waals surface area contributed by atoms with Crippen LogP contribution in [0, 0.1) is 0 Å². The topological polar surface area (TPSA) is 49.0 Å². The van der Waals surface area contributed by atoms with Crippen molar-refractivity contribution in [2.75, 3.05) is 39.5 Å². The fourth-order valence-electron chi connectivity index (χ4n) is 2.47. The van der Waals surface area contributed by atoms with Gasteiger partial charge in [0.05, 0.1) is 0 Å². The average Bonchev–Trinajstić information content (AvgIpc) is 2.53. The summed E-state index contributed by atoms with van der Waals surface area (Å²) in [5.41, 5.74) is 1.07. The monoisotopic (exact) mass is 365 g/mol. The first-order chi connectivity index (χ1) is 11.1. The van der Waals surface area contributed by atoms with Gasteiger partial charge in [-0.05, 0) is 64.7 Å². The van der Waals surface area contributed by atoms with Crippen LogP contribution < -0.4 is 5.32 Å². The third-order valence-electron chi connectivity index (χ3n) is 3.81. The minimum absolute atomic E-state index is 0.536. The lowest BCUT2D eigenvalue weighted by molar-refractivity contribution is 0.203. The molecule has 0 unspecified atom stereocenters. The van der Waals surface area contributed by atoms with Crippen LogP contribution in [0.3, 0.4) is 0 Å². The molecule has 1 N–H and O–H groups in total. The second kappa shape index (κ2) is 15.7. The highest BCUT2D eigenvalue weighted by Crippen LogP contribution is 2.17. The summed E-state index contributed by atoms with van der Waals surface area (Å²) in [5.74, 6) is 0. The second-order valence-electron chi connectivity index (χ2n) is 5.84. The normalized spacial score (nSPS) is 14.6. The summed E-state index contributed by atoms with van der Waals surface area (Å²) < 4.78 is 23.1. The SMILES string of the molecule is CCO[SiH](OCC)[C@H](C)CCNCC[C@@H](C)[SiH](OCC)OCC. The van der Waals surface area contributed by atoms with Crippen LogP contribution in [-0.4, -0.2) is 58.1 Å². The van der Waals surface area contributed by atoms with Crippen molar-refractivity contribution >= 4 is 18.6 Å². The van der Waals surface area contributed by atoms with E-state index in [4.69, 9.17) is 17.7 Å². The molecule has 2 atom stereocenters. The van der Waals surface area contributed by atoms with Gasteiger partial charge in [0.25, 0.3) is 0 Å². The van der Waals surface area contributed by atoms with Crippen molar-refractivity contribution in [3.05, 3.63) is 0 Å². The molecule has 0 radical (unpaired) electrons. The Bertz CT molecular complexity index is 226. The van der Waals surface area contributed by atoms with Crippen LogP contribution in [0.15, 0.2) is 0 Å². The third-order valence-corrected chi connectivity index (χ3v) is 8.98. The largest absolute Gasteiger partial charge is 0.397 e. The first-order valence-corrected chi connectivity index (χ1v) is 12.5. The van der Waals surface area contributed by atoms with E-state index in [9.17, 15) is 0 Å². The number of rotatable bonds is 16. The Hall–Kier alpha value is 0.234. The smallest absolute Gasteiger partial charge is 0.324 e. The van der Waals surface area contributed by atoms with E-state index in [2.05, 4.69) is 19.2 Å². The van der Waals surface area contributed by atoms with Crippen LogP contribution >= 0.6 is 0 Å². The Morgan fingerprint density at radius 3 is 1.22 bits per heavy atom. The van der Waals surface area contributed by atoms with Gasteiger partial charge in [-0.3, -0.25) is 0 Å². The van der Waals surface area contributed by atoms with Crippen molar-refractivity contribution in [3.63, 3.8) is 0 Å². The summed E-state index contributed by atoms with van der Waals surface area (Å²) in [6.07, 6.45) is 2.23. The van der Waals surface area contributed by atoms with Gasteiger partial charge in [0.1, 0.15) is 0 Å². The first-order valence-electron chi connectivity index (χ1n) is 9.27. The molecule has 0 aliphatic heterocycles. The van der Waals surface area contributed by atoms with Crippen molar-refractivity contribution in [2.45, 2.75) is 65.5 Å². The highest BCUT2D eigenvalue weighted by Gasteiger charge is 2.22. The van der Waals surface area contributed by atoms with E-state index in [1.165, 1.54) is 0 Å². The molecular weight excluding hydrogens is 326 g/mol. The zero-order chi connectivity index (χ0) is 17.5. The van der Waals surface area contributed by atoms with E-state index in [-0.39, 0.29) is 0 Å². The van der Waals surface area contributed by atoms with Gasteiger partial charge in [0, 0.05) is 26.4 Å². The summed E-state index contributed by atoms with van der Waals surface area (Å²) in [7, 11) is -3.01. The zero-order valence-electron chi connectivity index (χ0n) is 16.1. The van der Waals surface area contributed by atoms with Crippen LogP contribution in [0.1, 0.15) is 54.4 Å². The molecule has 0 saturated heterocycles. The van der Waals surface area contributed by atoms with E-state index in [1.807, 2.05) is 27.7 Å². The lowest BCUT2D eigenvalue weighted by Gasteiger charge is -2.23. The van der Waals surface area contributed by atoms with Gasteiger partial charge < -0.3 is 23.0 Å². The summed E-state index contributed by atoms with van der Waals surface area (Å²) in [6.45, 7) is 17.7. The minimum Gasteiger partial charge on any atom is -0.397 e. The quantitative estimate of drug-likeness (QED) is 0.337. The Labute approximate surface area is 147 Å². The lowest BCUT2D eigenvalue weighted by Crippen LogP contribution is -2.32. The maximum atomic E-state index is 5.79. The maximum absolute atomic E-state index is 5.79. The number of hydrogen-bond acceptors (Lipinski definition) is 5. The maximum Gasteiger partial charge on any atom is 0.324 e. The summed E-state index contributed by atoms with van der Waals surface area (Å²) >= 11 is 0. The minimum atomic E-state index is -1.51. The molecule has 0 aromatic carbocycles. The molecule has 23 heavy (non-hydrogen) atoms. The van der Waals surface area contributed by atoms with E-state index in [1.54, 1.807) is 0 Å². The average molecular weight is 366 g/mol. The van der Waals surface area contributed by atoms with Gasteiger partial charge >= 0.3 is 18.6 Å². The van der Waals surface area contributed by atoms with E-state index in [0.29, 0.717) is 11.1 Å². The fourth-order valence-corrected chi connectivity index (χ4v) is 6.17. The lowest BCUT2D eigenvalue weighted by atomic mass is 10.3. The molecule has 0 aliphatic rings. The second-order valence-corrected chi connectivity index (χ2v) is 10.9. The van der Waals surface area contributed by atoms with Gasteiger partial charge in [-0.15, -0.1) is 0 Å². The van der Waals surface area contributed by atoms with Gasteiger partial charge in [-0.1, -0.05) is 13.8 Å². The Morgan fingerprint density at radius 1 is 0.652 bits per heavy atom. The van der Waals surface area contributed by atoms with Gasteiger partial charge in [0.15, 0.2) is 0 Å². The predicted octanol–water partition coefficient (Wildman–Crippen LogP) is 2.72. The van der Waals surface area contributed by atoms with Gasteiger partial charge in [-0.2, -0.15) is 0 Å². The molecular formula is C16H39NO4Si2. The third kappa shape index (κ3) is 11.4. The molecule has 0 aromatic heterocycles. The molecule has 0 fully saturated rings. The van der Waals surface area contributed by atoms with Crippen molar-refractivity contribution in [1.82, 2.24) is 5.32 Å². The molecule has 5 nitrogen and oxygen atoms in total. The molecule has 0 aliphatic carbocycles. The zero-order valence-corrected chi connectivity index (χ0v) is 18.4. The fraction of sp³-hybridized carbons (Fsp3) is 1.00. The van der Waals surface area contributed by atoms with Gasteiger partial charge in [0.2, 0.25) is 0 Å². The number of nitrogens with one attached hydrogen (secondary N) is 1. The van der Waals surface area contributed by atoms with E-state index < -0.39 is 18.6 Å². The Kier molecular flexibility index (Phi) is 15.9. The summed E-state index contributed by atoms with van der Waals surface area (Å²) in [4.78, 5) is 0. The van der Waals surface area contributed by atoms with Crippen molar-refractivity contribution in [1.29, 1.82) is 0 Å². The van der Waals surface area contributed by atoms with Crippen LogP contribution in [0.4, 0.5) is 0 Å². The first kappa shape index (κ1) is 23.2. The van der Waals surface area contributed by atoms with Crippen LogP contribution in [0.5, 0.6) is 0 Å². The molecule has 0 bridgehead atoms. The van der Waals surface area contributed by atoms with Gasteiger partial charge in [-0.25, -0.2) is 0 Å². The van der Waals surface area contributed by atoms with Crippen LogP contribution in [0.25, 0.3) is 0 Å². The standard InChI is InChI=1S/C16H39NO4Si2/c1-7-18-22(19-8-2)15(5)11-13-17-14-12-16(6)23(20-9-3)21-10-4/h15-17,22-23H,7-14H2,1-6H3/t15-,16-/m1/s1. The summed E-state index contributed by atoms with van der Waals surface area (Å²) in [6, 6.07) is 0. The molecule has 0 saturated carbocycles. The van der Waals surface area contributed by atoms with Crippen molar-refractivity contribution in [2.24, 2.45) is 0 Å². The molecule has 0 heterocycles. The Morgan fingerprint density at radius 2 is 0.957 bits per heavy atom. The Balaban J connectivity index is 3.88. The highest BCUT2D eigenvalue weighted by molar-refractivity contribution is 6.46. The predicted molar refractivity (Wildman–Crippen MR) is 102 cm³/mol.